The van der Waals surface area contributed by atoms with Crippen molar-refractivity contribution in [1.82, 2.24) is 10.6 Å². The molecule has 0 aromatic heterocycles. The average molecular weight is 391 g/mol. The van der Waals surface area contributed by atoms with Gasteiger partial charge in [-0.05, 0) is 31.9 Å². The molecule has 0 bridgehead atoms. The Morgan fingerprint density at radius 3 is 2.60 bits per heavy atom. The molecule has 0 heterocycles. The quantitative estimate of drug-likeness (QED) is 0.461. The molecule has 1 unspecified atom stereocenters. The number of methoxy groups -OCH3 is 1. The van der Waals surface area contributed by atoms with Crippen LogP contribution < -0.4 is 10.6 Å². The highest BCUT2D eigenvalue weighted by Gasteiger charge is 2.05. The van der Waals surface area contributed by atoms with E-state index in [1.54, 1.807) is 14.2 Å². The Hall–Kier alpha value is -0.820. The van der Waals surface area contributed by atoms with Gasteiger partial charge in [0.2, 0.25) is 0 Å². The predicted octanol–water partition coefficient (Wildman–Crippen LogP) is 2.62. The first-order valence-corrected chi connectivity index (χ1v) is 6.59. The first kappa shape index (κ1) is 19.2. The van der Waals surface area contributed by atoms with Gasteiger partial charge in [0.25, 0.3) is 0 Å². The van der Waals surface area contributed by atoms with Crippen LogP contribution in [0.2, 0.25) is 0 Å². The van der Waals surface area contributed by atoms with Crippen LogP contribution in [0.3, 0.4) is 0 Å². The lowest BCUT2D eigenvalue weighted by Gasteiger charge is -2.17. The van der Waals surface area contributed by atoms with E-state index in [1.165, 1.54) is 16.7 Å². The summed E-state index contributed by atoms with van der Waals surface area (Å²) in [7, 11) is 3.47. The number of nitrogens with zero attached hydrogens (tertiary/aromatic N) is 1. The van der Waals surface area contributed by atoms with Gasteiger partial charge in [0.05, 0.1) is 6.61 Å². The maximum absolute atomic E-state index is 5.10. The number of hydrogen-bond donors (Lipinski definition) is 2. The van der Waals surface area contributed by atoms with Crippen LogP contribution in [-0.4, -0.2) is 32.8 Å². The molecule has 20 heavy (non-hydrogen) atoms. The summed E-state index contributed by atoms with van der Waals surface area (Å²) in [6, 6.07) is 6.72. The molecule has 5 heteroatoms. The van der Waals surface area contributed by atoms with Crippen molar-refractivity contribution in [3.05, 3.63) is 34.9 Å². The Morgan fingerprint density at radius 1 is 1.35 bits per heavy atom. The summed E-state index contributed by atoms with van der Waals surface area (Å²) in [6.45, 7) is 7.73. The zero-order valence-corrected chi connectivity index (χ0v) is 15.3. The summed E-state index contributed by atoms with van der Waals surface area (Å²) in [6.07, 6.45) is 0. The van der Waals surface area contributed by atoms with E-state index >= 15 is 0 Å². The van der Waals surface area contributed by atoms with Crippen LogP contribution in [-0.2, 0) is 11.3 Å². The van der Waals surface area contributed by atoms with Gasteiger partial charge >= 0.3 is 0 Å². The standard InChI is InChI=1S/C15H25N3O.HI/c1-11-6-7-14(12(2)8-11)9-17-15(16-4)18-13(3)10-19-5;/h6-8,13H,9-10H2,1-5H3,(H2,16,17,18);1H. The monoisotopic (exact) mass is 391 g/mol. The summed E-state index contributed by atoms with van der Waals surface area (Å²) in [5.74, 6) is 0.796. The summed E-state index contributed by atoms with van der Waals surface area (Å²) in [4.78, 5) is 4.21. The number of aliphatic imine (C=N–C) groups is 1. The van der Waals surface area contributed by atoms with Gasteiger partial charge < -0.3 is 15.4 Å². The Morgan fingerprint density at radius 2 is 2.05 bits per heavy atom. The second-order valence-corrected chi connectivity index (χ2v) is 4.86. The van der Waals surface area contributed by atoms with Gasteiger partial charge in [0.15, 0.2) is 5.96 Å². The maximum Gasteiger partial charge on any atom is 0.191 e. The summed E-state index contributed by atoms with van der Waals surface area (Å²) >= 11 is 0. The van der Waals surface area contributed by atoms with Crippen LogP contribution >= 0.6 is 24.0 Å². The molecule has 1 rings (SSSR count). The van der Waals surface area contributed by atoms with Crippen LogP contribution in [0, 0.1) is 13.8 Å². The van der Waals surface area contributed by atoms with E-state index in [4.69, 9.17) is 4.74 Å². The van der Waals surface area contributed by atoms with E-state index in [0.717, 1.165) is 12.5 Å². The largest absolute Gasteiger partial charge is 0.383 e. The molecule has 0 aliphatic heterocycles. The molecule has 1 aromatic rings. The van der Waals surface area contributed by atoms with E-state index in [-0.39, 0.29) is 30.0 Å². The first-order chi connectivity index (χ1) is 9.06. The van der Waals surface area contributed by atoms with Crippen molar-refractivity contribution >= 4 is 29.9 Å². The fourth-order valence-electron chi connectivity index (χ4n) is 1.94. The van der Waals surface area contributed by atoms with E-state index in [0.29, 0.717) is 6.61 Å². The summed E-state index contributed by atoms with van der Waals surface area (Å²) in [5.41, 5.74) is 3.87. The highest BCUT2D eigenvalue weighted by atomic mass is 127. The lowest BCUT2D eigenvalue weighted by molar-refractivity contribution is 0.179. The molecule has 0 spiro atoms. The number of hydrogen-bond acceptors (Lipinski definition) is 2. The molecule has 0 aliphatic carbocycles. The van der Waals surface area contributed by atoms with Crippen molar-refractivity contribution < 1.29 is 4.74 Å². The van der Waals surface area contributed by atoms with Gasteiger partial charge in [-0.2, -0.15) is 0 Å². The number of nitrogens with one attached hydrogen (secondary N) is 2. The molecular formula is C15H26IN3O. The van der Waals surface area contributed by atoms with Gasteiger partial charge in [-0.1, -0.05) is 23.8 Å². The Bertz CT molecular complexity index is 435. The normalized spacial score (nSPS) is 12.6. The van der Waals surface area contributed by atoms with Gasteiger partial charge in [-0.3, -0.25) is 4.99 Å². The highest BCUT2D eigenvalue weighted by molar-refractivity contribution is 14.0. The SMILES string of the molecule is CN=C(NCc1ccc(C)cc1C)NC(C)COC.I. The minimum absolute atomic E-state index is 0. The van der Waals surface area contributed by atoms with Crippen molar-refractivity contribution in [2.45, 2.75) is 33.4 Å². The number of rotatable bonds is 5. The van der Waals surface area contributed by atoms with Crippen molar-refractivity contribution in [2.75, 3.05) is 20.8 Å². The second-order valence-electron chi connectivity index (χ2n) is 4.86. The van der Waals surface area contributed by atoms with Crippen LogP contribution in [0.4, 0.5) is 0 Å². The molecule has 2 N–H and O–H groups in total. The molecule has 0 saturated heterocycles. The number of guanidine groups is 1. The molecule has 0 fully saturated rings. The lowest BCUT2D eigenvalue weighted by atomic mass is 10.1. The number of aryl methyl sites for hydroxylation is 2. The average Bonchev–Trinajstić information content (AvgIpc) is 2.36. The van der Waals surface area contributed by atoms with Gasteiger partial charge in [0, 0.05) is 26.7 Å². The third-order valence-electron chi connectivity index (χ3n) is 2.97. The Balaban J connectivity index is 0.00000361. The van der Waals surface area contributed by atoms with Crippen LogP contribution in [0.25, 0.3) is 0 Å². The van der Waals surface area contributed by atoms with Crippen LogP contribution in [0.15, 0.2) is 23.2 Å². The minimum atomic E-state index is 0. The predicted molar refractivity (Wildman–Crippen MR) is 96.0 cm³/mol. The Labute approximate surface area is 139 Å². The molecule has 1 aromatic carbocycles. The summed E-state index contributed by atoms with van der Waals surface area (Å²) in [5, 5.41) is 6.60. The molecule has 114 valence electrons. The minimum Gasteiger partial charge on any atom is -0.383 e. The number of benzene rings is 1. The molecule has 4 nitrogen and oxygen atoms in total. The maximum atomic E-state index is 5.10. The van der Waals surface area contributed by atoms with Crippen molar-refractivity contribution in [1.29, 1.82) is 0 Å². The van der Waals surface area contributed by atoms with Crippen molar-refractivity contribution in [2.24, 2.45) is 4.99 Å². The van der Waals surface area contributed by atoms with Crippen LogP contribution in [0.5, 0.6) is 0 Å². The third-order valence-corrected chi connectivity index (χ3v) is 2.97. The zero-order valence-electron chi connectivity index (χ0n) is 13.0. The van der Waals surface area contributed by atoms with Crippen LogP contribution in [0.1, 0.15) is 23.6 Å². The number of halogens is 1. The molecule has 1 atom stereocenters. The number of ether oxygens (including phenoxy) is 1. The Kier molecular flexibility index (Phi) is 9.58. The third kappa shape index (κ3) is 6.56. The van der Waals surface area contributed by atoms with Crippen molar-refractivity contribution in [3.63, 3.8) is 0 Å². The lowest BCUT2D eigenvalue weighted by Crippen LogP contribution is -2.43. The molecule has 0 radical (unpaired) electrons. The smallest absolute Gasteiger partial charge is 0.191 e. The highest BCUT2D eigenvalue weighted by Crippen LogP contribution is 2.09. The van der Waals surface area contributed by atoms with E-state index < -0.39 is 0 Å². The molecule has 0 amide bonds. The topological polar surface area (TPSA) is 45.7 Å². The fraction of sp³-hybridized carbons (Fsp3) is 0.533. The molecular weight excluding hydrogens is 365 g/mol. The first-order valence-electron chi connectivity index (χ1n) is 6.59. The summed E-state index contributed by atoms with van der Waals surface area (Å²) < 4.78 is 5.10. The van der Waals surface area contributed by atoms with Gasteiger partial charge in [-0.15, -0.1) is 24.0 Å². The molecule has 0 aliphatic rings. The van der Waals surface area contributed by atoms with E-state index in [9.17, 15) is 0 Å². The van der Waals surface area contributed by atoms with Gasteiger partial charge in [0.1, 0.15) is 0 Å². The van der Waals surface area contributed by atoms with E-state index in [2.05, 4.69) is 54.6 Å². The second kappa shape index (κ2) is 9.99. The van der Waals surface area contributed by atoms with E-state index in [1.807, 2.05) is 0 Å². The van der Waals surface area contributed by atoms with Gasteiger partial charge in [-0.25, -0.2) is 0 Å². The fourth-order valence-corrected chi connectivity index (χ4v) is 1.94. The zero-order chi connectivity index (χ0) is 14.3. The molecule has 0 saturated carbocycles. The van der Waals surface area contributed by atoms with Crippen molar-refractivity contribution in [3.8, 4) is 0 Å².